The number of rotatable bonds is 12. The van der Waals surface area contributed by atoms with Crippen LogP contribution in [-0.2, 0) is 11.2 Å². The SMILES string of the molecule is CCC(C)C(=O)CN.CCCCC(C)CCCC.CCc1ccc(OC)c(OC)c1. The van der Waals surface area contributed by atoms with Crippen molar-refractivity contribution in [1.29, 1.82) is 0 Å². The van der Waals surface area contributed by atoms with E-state index >= 15 is 0 Å². The summed E-state index contributed by atoms with van der Waals surface area (Å²) in [5, 5.41) is 0. The molecule has 1 aromatic rings. The minimum Gasteiger partial charge on any atom is -0.493 e. The zero-order chi connectivity index (χ0) is 23.4. The van der Waals surface area contributed by atoms with Crippen molar-refractivity contribution in [3.63, 3.8) is 0 Å². The van der Waals surface area contributed by atoms with E-state index in [0.717, 1.165) is 30.3 Å². The molecular formula is C26H49NO3. The van der Waals surface area contributed by atoms with Crippen molar-refractivity contribution < 1.29 is 14.3 Å². The Bertz CT molecular complexity index is 523. The zero-order valence-electron chi connectivity index (χ0n) is 21.1. The largest absolute Gasteiger partial charge is 0.493 e. The highest BCUT2D eigenvalue weighted by molar-refractivity contribution is 5.82. The third-order valence-corrected chi connectivity index (χ3v) is 5.32. The molecule has 0 aliphatic rings. The second kappa shape index (κ2) is 20.7. The maximum atomic E-state index is 10.6. The molecule has 0 heterocycles. The number of carbonyl (C=O) groups is 1. The molecule has 0 fully saturated rings. The van der Waals surface area contributed by atoms with Crippen molar-refractivity contribution in [3.05, 3.63) is 23.8 Å². The molecule has 1 aromatic carbocycles. The van der Waals surface area contributed by atoms with E-state index in [-0.39, 0.29) is 18.2 Å². The van der Waals surface area contributed by atoms with Gasteiger partial charge in [0.05, 0.1) is 20.8 Å². The third-order valence-electron chi connectivity index (χ3n) is 5.32. The van der Waals surface area contributed by atoms with Crippen molar-refractivity contribution in [2.24, 2.45) is 17.6 Å². The van der Waals surface area contributed by atoms with E-state index in [1.165, 1.54) is 44.1 Å². The quantitative estimate of drug-likeness (QED) is 0.400. The number of carbonyl (C=O) groups excluding carboxylic acids is 1. The molecule has 30 heavy (non-hydrogen) atoms. The number of ether oxygens (including phenoxy) is 2. The molecule has 1 atom stereocenters. The van der Waals surface area contributed by atoms with E-state index in [0.29, 0.717) is 0 Å². The fourth-order valence-corrected chi connectivity index (χ4v) is 2.78. The van der Waals surface area contributed by atoms with Crippen LogP contribution in [-0.4, -0.2) is 26.5 Å². The number of unbranched alkanes of at least 4 members (excludes halogenated alkanes) is 2. The summed E-state index contributed by atoms with van der Waals surface area (Å²) in [6.45, 7) is 13.1. The van der Waals surface area contributed by atoms with Gasteiger partial charge in [0, 0.05) is 5.92 Å². The molecule has 4 nitrogen and oxygen atoms in total. The van der Waals surface area contributed by atoms with Crippen LogP contribution in [0.15, 0.2) is 18.2 Å². The smallest absolute Gasteiger partial charge is 0.160 e. The molecule has 0 aliphatic heterocycles. The van der Waals surface area contributed by atoms with E-state index in [4.69, 9.17) is 15.2 Å². The first-order chi connectivity index (χ1) is 14.3. The number of nitrogens with two attached hydrogens (primary N) is 1. The van der Waals surface area contributed by atoms with E-state index in [1.807, 2.05) is 32.0 Å². The molecule has 0 amide bonds. The number of hydrogen-bond donors (Lipinski definition) is 1. The van der Waals surface area contributed by atoms with Crippen LogP contribution in [0.4, 0.5) is 0 Å². The van der Waals surface area contributed by atoms with Crippen molar-refractivity contribution in [2.45, 2.75) is 92.9 Å². The van der Waals surface area contributed by atoms with Crippen LogP contribution >= 0.6 is 0 Å². The Morgan fingerprint density at radius 1 is 0.933 bits per heavy atom. The summed E-state index contributed by atoms with van der Waals surface area (Å²) in [4.78, 5) is 10.6. The van der Waals surface area contributed by atoms with Crippen LogP contribution < -0.4 is 15.2 Å². The zero-order valence-corrected chi connectivity index (χ0v) is 21.1. The van der Waals surface area contributed by atoms with E-state index in [9.17, 15) is 4.79 Å². The van der Waals surface area contributed by atoms with Crippen LogP contribution in [0.25, 0.3) is 0 Å². The van der Waals surface area contributed by atoms with Crippen molar-refractivity contribution >= 4 is 5.78 Å². The first-order valence-electron chi connectivity index (χ1n) is 11.8. The molecule has 1 unspecified atom stereocenters. The Morgan fingerprint density at radius 3 is 1.80 bits per heavy atom. The molecule has 2 N–H and O–H groups in total. The molecule has 1 rings (SSSR count). The van der Waals surface area contributed by atoms with Crippen molar-refractivity contribution in [2.75, 3.05) is 20.8 Å². The van der Waals surface area contributed by atoms with Crippen LogP contribution in [0.5, 0.6) is 11.5 Å². The van der Waals surface area contributed by atoms with Gasteiger partial charge < -0.3 is 15.2 Å². The molecule has 0 aliphatic carbocycles. The van der Waals surface area contributed by atoms with Gasteiger partial charge in [0.2, 0.25) is 0 Å². The third kappa shape index (κ3) is 15.3. The van der Waals surface area contributed by atoms with Gasteiger partial charge in [-0.1, -0.05) is 86.1 Å². The second-order valence-corrected chi connectivity index (χ2v) is 7.91. The lowest BCUT2D eigenvalue weighted by molar-refractivity contribution is -0.121. The highest BCUT2D eigenvalue weighted by Crippen LogP contribution is 2.27. The van der Waals surface area contributed by atoms with Crippen LogP contribution in [0.1, 0.15) is 92.1 Å². The van der Waals surface area contributed by atoms with Crippen LogP contribution in [0.3, 0.4) is 0 Å². The number of methoxy groups -OCH3 is 2. The Morgan fingerprint density at radius 2 is 1.47 bits per heavy atom. The highest BCUT2D eigenvalue weighted by atomic mass is 16.5. The number of benzene rings is 1. The van der Waals surface area contributed by atoms with Crippen molar-refractivity contribution in [1.82, 2.24) is 0 Å². The molecule has 4 heteroatoms. The van der Waals surface area contributed by atoms with Gasteiger partial charge in [-0.3, -0.25) is 4.79 Å². The first kappa shape index (κ1) is 30.6. The maximum Gasteiger partial charge on any atom is 0.160 e. The predicted octanol–water partition coefficient (Wildman–Crippen LogP) is 6.83. The summed E-state index contributed by atoms with van der Waals surface area (Å²) in [7, 11) is 3.29. The molecule has 176 valence electrons. The fourth-order valence-electron chi connectivity index (χ4n) is 2.78. The Hall–Kier alpha value is -1.55. The summed E-state index contributed by atoms with van der Waals surface area (Å²) in [5.41, 5.74) is 6.36. The van der Waals surface area contributed by atoms with Crippen LogP contribution in [0, 0.1) is 11.8 Å². The molecule has 0 saturated heterocycles. The van der Waals surface area contributed by atoms with Gasteiger partial charge in [0.15, 0.2) is 11.5 Å². The van der Waals surface area contributed by atoms with Gasteiger partial charge >= 0.3 is 0 Å². The summed E-state index contributed by atoms with van der Waals surface area (Å²) in [5.74, 6) is 2.87. The number of aryl methyl sites for hydroxylation is 1. The molecule has 0 aromatic heterocycles. The molecule has 0 radical (unpaired) electrons. The van der Waals surface area contributed by atoms with E-state index < -0.39 is 0 Å². The average molecular weight is 424 g/mol. The van der Waals surface area contributed by atoms with Gasteiger partial charge in [0.25, 0.3) is 0 Å². The summed E-state index contributed by atoms with van der Waals surface area (Å²) < 4.78 is 10.3. The standard InChI is InChI=1S/C10H14O2.C10H22.C6H13NO/c1-4-8-5-6-9(11-2)10(7-8)12-3;1-4-6-8-10(3)9-7-5-2;1-3-5(2)6(8)4-7/h5-7H,4H2,1-3H3;10H,4-9H2,1-3H3;5H,3-4,7H2,1-2H3. The van der Waals surface area contributed by atoms with Gasteiger partial charge in [-0.2, -0.15) is 0 Å². The number of Topliss-reactive ketones (excluding diaryl/α,β-unsaturated/α-hetero) is 1. The normalized spacial score (nSPS) is 11.0. The first-order valence-corrected chi connectivity index (χ1v) is 11.8. The van der Waals surface area contributed by atoms with Gasteiger partial charge in [-0.05, 0) is 36.5 Å². The van der Waals surface area contributed by atoms with Crippen molar-refractivity contribution in [3.8, 4) is 11.5 Å². The van der Waals surface area contributed by atoms with E-state index in [1.54, 1.807) is 14.2 Å². The topological polar surface area (TPSA) is 61.6 Å². The predicted molar refractivity (Wildman–Crippen MR) is 131 cm³/mol. The van der Waals surface area contributed by atoms with Gasteiger partial charge in [0.1, 0.15) is 5.78 Å². The molecule has 0 saturated carbocycles. The molecule has 0 spiro atoms. The minimum atomic E-state index is 0.153. The maximum absolute atomic E-state index is 10.6. The second-order valence-electron chi connectivity index (χ2n) is 7.91. The Balaban J connectivity index is 0. The minimum absolute atomic E-state index is 0.153. The van der Waals surface area contributed by atoms with Crippen LogP contribution in [0.2, 0.25) is 0 Å². The summed E-state index contributed by atoms with van der Waals surface area (Å²) in [6, 6.07) is 5.97. The van der Waals surface area contributed by atoms with E-state index in [2.05, 4.69) is 27.7 Å². The average Bonchev–Trinajstić information content (AvgIpc) is 2.80. The Labute approximate surface area is 186 Å². The Kier molecular flexibility index (Phi) is 21.2. The highest BCUT2D eigenvalue weighted by Gasteiger charge is 2.06. The number of ketones is 1. The van der Waals surface area contributed by atoms with Gasteiger partial charge in [-0.25, -0.2) is 0 Å². The molecular weight excluding hydrogens is 374 g/mol. The van der Waals surface area contributed by atoms with Gasteiger partial charge in [-0.15, -0.1) is 0 Å². The summed E-state index contributed by atoms with van der Waals surface area (Å²) >= 11 is 0. The fraction of sp³-hybridized carbons (Fsp3) is 0.731. The number of hydrogen-bond acceptors (Lipinski definition) is 4. The monoisotopic (exact) mass is 423 g/mol. The molecule has 0 bridgehead atoms. The summed E-state index contributed by atoms with van der Waals surface area (Å²) in [6.07, 6.45) is 10.4. The lowest BCUT2D eigenvalue weighted by Gasteiger charge is -2.08. The lowest BCUT2D eigenvalue weighted by Crippen LogP contribution is -2.20. The lowest BCUT2D eigenvalue weighted by atomic mass is 9.98.